The number of nitrogens with zero attached hydrogens (tertiary/aromatic N) is 1. The van der Waals surface area contributed by atoms with Crippen molar-refractivity contribution < 1.29 is 24.2 Å². The van der Waals surface area contributed by atoms with Crippen LogP contribution in [-0.4, -0.2) is 53.2 Å². The van der Waals surface area contributed by atoms with Crippen LogP contribution < -0.4 is 5.32 Å². The van der Waals surface area contributed by atoms with E-state index in [4.69, 9.17) is 4.74 Å². The highest BCUT2D eigenvalue weighted by Gasteiger charge is 2.40. The third-order valence-electron chi connectivity index (χ3n) is 7.04. The number of benzene rings is 2. The van der Waals surface area contributed by atoms with Gasteiger partial charge in [0.05, 0.1) is 6.42 Å². The van der Waals surface area contributed by atoms with Gasteiger partial charge in [0.25, 0.3) is 0 Å². The Morgan fingerprint density at radius 3 is 2.20 bits per heavy atom. The van der Waals surface area contributed by atoms with Crippen LogP contribution >= 0.6 is 0 Å². The summed E-state index contributed by atoms with van der Waals surface area (Å²) in [6, 6.07) is 15.1. The van der Waals surface area contributed by atoms with Gasteiger partial charge in [0.1, 0.15) is 12.6 Å². The van der Waals surface area contributed by atoms with E-state index in [1.807, 2.05) is 45.0 Å². The molecule has 0 radical (unpaired) electrons. The van der Waals surface area contributed by atoms with Gasteiger partial charge >= 0.3 is 12.1 Å². The third kappa shape index (κ3) is 5.34. The maximum Gasteiger partial charge on any atom is 0.407 e. The highest BCUT2D eigenvalue weighted by atomic mass is 16.5. The van der Waals surface area contributed by atoms with Crippen LogP contribution in [0.3, 0.4) is 0 Å². The number of hydrogen-bond donors (Lipinski definition) is 2. The van der Waals surface area contributed by atoms with Gasteiger partial charge in [0, 0.05) is 18.5 Å². The summed E-state index contributed by atoms with van der Waals surface area (Å²) in [7, 11) is 0. The Kier molecular flexibility index (Phi) is 7.15. The van der Waals surface area contributed by atoms with E-state index >= 15 is 0 Å². The van der Waals surface area contributed by atoms with Gasteiger partial charge in [-0.2, -0.15) is 0 Å². The van der Waals surface area contributed by atoms with Gasteiger partial charge in [-0.05, 0) is 46.9 Å². The van der Waals surface area contributed by atoms with Gasteiger partial charge in [0.15, 0.2) is 0 Å². The summed E-state index contributed by atoms with van der Waals surface area (Å²) >= 11 is 0. The fraction of sp³-hybridized carbons (Fsp3) is 0.464. The van der Waals surface area contributed by atoms with Crippen LogP contribution in [0.5, 0.6) is 0 Å². The summed E-state index contributed by atoms with van der Waals surface area (Å²) in [6.07, 6.45) is 1.63. The van der Waals surface area contributed by atoms with E-state index in [-0.39, 0.29) is 30.9 Å². The molecule has 1 aliphatic heterocycles. The lowest BCUT2D eigenvalue weighted by Crippen LogP contribution is -2.58. The second kappa shape index (κ2) is 10.1. The van der Waals surface area contributed by atoms with Crippen molar-refractivity contribution >= 4 is 18.0 Å². The van der Waals surface area contributed by atoms with Crippen molar-refractivity contribution in [3.05, 3.63) is 59.7 Å². The Balaban J connectivity index is 1.46. The van der Waals surface area contributed by atoms with Crippen molar-refractivity contribution in [2.75, 3.05) is 13.2 Å². The number of likely N-dealkylation sites (tertiary alicyclic amines) is 1. The highest BCUT2D eigenvalue weighted by molar-refractivity contribution is 5.87. The lowest BCUT2D eigenvalue weighted by atomic mass is 9.84. The summed E-state index contributed by atoms with van der Waals surface area (Å²) in [6.45, 7) is 6.31. The van der Waals surface area contributed by atoms with Crippen molar-refractivity contribution in [1.82, 2.24) is 10.2 Å². The number of fused-ring (bicyclic) bond motifs is 3. The number of carboxylic acids is 1. The topological polar surface area (TPSA) is 95.9 Å². The molecule has 7 heteroatoms. The van der Waals surface area contributed by atoms with Gasteiger partial charge < -0.3 is 20.1 Å². The number of rotatable bonds is 6. The van der Waals surface area contributed by atoms with Crippen LogP contribution in [-0.2, 0) is 14.3 Å². The number of hydrogen-bond acceptors (Lipinski definition) is 4. The quantitative estimate of drug-likeness (QED) is 0.622. The lowest BCUT2D eigenvalue weighted by Gasteiger charge is -2.40. The first-order valence-electron chi connectivity index (χ1n) is 12.3. The SMILES string of the molecule is CC(C)(C)[C@H](NC(=O)OCC1c2ccccc2-c2ccccc21)C(=O)N1CCCC[C@@H]1CC(=O)O. The molecule has 1 aliphatic carbocycles. The first-order valence-corrected chi connectivity index (χ1v) is 12.3. The molecular formula is C28H34N2O5. The molecule has 0 unspecified atom stereocenters. The molecule has 2 aliphatic rings. The van der Waals surface area contributed by atoms with E-state index in [1.165, 1.54) is 0 Å². The number of carbonyl (C=O) groups is 3. The highest BCUT2D eigenvalue weighted by Crippen LogP contribution is 2.44. The molecule has 2 atom stereocenters. The first kappa shape index (κ1) is 24.8. The van der Waals surface area contributed by atoms with Gasteiger partial charge in [-0.3, -0.25) is 9.59 Å². The monoisotopic (exact) mass is 478 g/mol. The smallest absolute Gasteiger partial charge is 0.407 e. The molecule has 0 aromatic heterocycles. The molecule has 1 fully saturated rings. The molecule has 2 aromatic rings. The molecule has 0 spiro atoms. The molecule has 2 amide bonds. The number of piperidine rings is 1. The number of carboxylic acid groups (broad SMARTS) is 1. The predicted molar refractivity (Wildman–Crippen MR) is 133 cm³/mol. The summed E-state index contributed by atoms with van der Waals surface area (Å²) in [5.41, 5.74) is 3.96. The minimum atomic E-state index is -0.925. The van der Waals surface area contributed by atoms with E-state index < -0.39 is 23.5 Å². The number of nitrogens with one attached hydrogen (secondary N) is 1. The van der Waals surface area contributed by atoms with E-state index in [1.54, 1.807) is 4.90 Å². The van der Waals surface area contributed by atoms with Gasteiger partial charge in [-0.15, -0.1) is 0 Å². The minimum absolute atomic E-state index is 0.0704. The Hall–Kier alpha value is -3.35. The first-order chi connectivity index (χ1) is 16.7. The number of carbonyl (C=O) groups excluding carboxylic acids is 2. The standard InChI is InChI=1S/C28H34N2O5/c1-28(2,3)25(26(33)30-15-9-8-10-18(30)16-24(31)32)29-27(34)35-17-23-21-13-6-4-11-19(21)20-12-5-7-14-22(20)23/h4-7,11-14,18,23,25H,8-10,15-17H2,1-3H3,(H,29,34)(H,31,32)/t18-,25-/m1/s1. The largest absolute Gasteiger partial charge is 0.481 e. The Morgan fingerprint density at radius 2 is 1.63 bits per heavy atom. The van der Waals surface area contributed by atoms with E-state index in [9.17, 15) is 19.5 Å². The van der Waals surface area contributed by atoms with Crippen molar-refractivity contribution in [2.45, 2.75) is 64.5 Å². The zero-order valence-electron chi connectivity index (χ0n) is 20.6. The average Bonchev–Trinajstić information content (AvgIpc) is 3.14. The number of amides is 2. The second-order valence-electron chi connectivity index (χ2n) is 10.5. The van der Waals surface area contributed by atoms with Gasteiger partial charge in [-0.1, -0.05) is 69.3 Å². The Labute approximate surface area is 206 Å². The van der Waals surface area contributed by atoms with E-state index in [0.717, 1.165) is 35.1 Å². The van der Waals surface area contributed by atoms with Crippen LogP contribution in [0.2, 0.25) is 0 Å². The van der Waals surface area contributed by atoms with Gasteiger partial charge in [-0.25, -0.2) is 4.79 Å². The maximum absolute atomic E-state index is 13.5. The molecule has 1 saturated heterocycles. The fourth-order valence-electron chi connectivity index (χ4n) is 5.28. The molecule has 7 nitrogen and oxygen atoms in total. The van der Waals surface area contributed by atoms with Gasteiger partial charge in [0.2, 0.25) is 5.91 Å². The molecule has 2 N–H and O–H groups in total. The van der Waals surface area contributed by atoms with E-state index in [2.05, 4.69) is 29.6 Å². The Morgan fingerprint density at radius 1 is 1.03 bits per heavy atom. The van der Waals surface area contributed by atoms with Crippen molar-refractivity contribution in [3.8, 4) is 11.1 Å². The van der Waals surface area contributed by atoms with Crippen LogP contribution in [0.15, 0.2) is 48.5 Å². The van der Waals surface area contributed by atoms with Crippen molar-refractivity contribution in [2.24, 2.45) is 5.41 Å². The summed E-state index contributed by atoms with van der Waals surface area (Å²) in [4.78, 5) is 39.4. The lowest BCUT2D eigenvalue weighted by molar-refractivity contribution is -0.144. The van der Waals surface area contributed by atoms with Crippen molar-refractivity contribution in [3.63, 3.8) is 0 Å². The molecular weight excluding hydrogens is 444 g/mol. The third-order valence-corrected chi connectivity index (χ3v) is 7.04. The van der Waals surface area contributed by atoms with Crippen LogP contribution in [0.4, 0.5) is 4.79 Å². The van der Waals surface area contributed by atoms with Crippen LogP contribution in [0, 0.1) is 5.41 Å². The zero-order valence-corrected chi connectivity index (χ0v) is 20.6. The normalized spacial score (nSPS) is 18.4. The second-order valence-corrected chi connectivity index (χ2v) is 10.5. The van der Waals surface area contributed by atoms with Crippen LogP contribution in [0.25, 0.3) is 11.1 Å². The average molecular weight is 479 g/mol. The molecule has 0 bridgehead atoms. The number of ether oxygens (including phenoxy) is 1. The summed E-state index contributed by atoms with van der Waals surface area (Å²) in [5.74, 6) is -1.25. The van der Waals surface area contributed by atoms with Crippen LogP contribution in [0.1, 0.15) is 63.5 Å². The zero-order chi connectivity index (χ0) is 25.2. The molecule has 1 heterocycles. The maximum atomic E-state index is 13.5. The van der Waals surface area contributed by atoms with E-state index in [0.29, 0.717) is 13.0 Å². The minimum Gasteiger partial charge on any atom is -0.481 e. The molecule has 2 aromatic carbocycles. The summed E-state index contributed by atoms with van der Waals surface area (Å²) in [5, 5.41) is 12.1. The predicted octanol–water partition coefficient (Wildman–Crippen LogP) is 4.80. The Bertz CT molecular complexity index is 1060. The fourth-order valence-corrected chi connectivity index (χ4v) is 5.28. The van der Waals surface area contributed by atoms with Crippen molar-refractivity contribution in [1.29, 1.82) is 0 Å². The summed E-state index contributed by atoms with van der Waals surface area (Å²) < 4.78 is 5.68. The number of aliphatic carboxylic acids is 1. The molecule has 35 heavy (non-hydrogen) atoms. The molecule has 186 valence electrons. The number of alkyl carbamates (subject to hydrolysis) is 1. The molecule has 0 saturated carbocycles. The molecule has 4 rings (SSSR count).